The molecule has 2 N–H and O–H groups in total. The Morgan fingerprint density at radius 2 is 2.10 bits per heavy atom. The minimum Gasteiger partial charge on any atom is -0.341 e. The standard InChI is InChI=1S/C12H14BrClN2O3S/c1-16(6-7-2-3-7)12(17)8-4-11(20(15,18)19)9(13)5-10(8)14/h4-5,7H,2-3,6H2,1H3,(H2,15,18,19). The van der Waals surface area contributed by atoms with Gasteiger partial charge in [0.2, 0.25) is 10.0 Å². The number of nitrogens with zero attached hydrogens (tertiary/aromatic N) is 1. The summed E-state index contributed by atoms with van der Waals surface area (Å²) in [7, 11) is -2.24. The monoisotopic (exact) mass is 380 g/mol. The van der Waals surface area contributed by atoms with Crippen LogP contribution in [0.3, 0.4) is 0 Å². The maximum absolute atomic E-state index is 12.3. The summed E-state index contributed by atoms with van der Waals surface area (Å²) in [5, 5.41) is 5.31. The first-order valence-corrected chi connectivity index (χ1v) is 8.69. The molecule has 0 aromatic heterocycles. The lowest BCUT2D eigenvalue weighted by atomic mass is 10.2. The number of hydrogen-bond acceptors (Lipinski definition) is 3. The van der Waals surface area contributed by atoms with E-state index in [1.807, 2.05) is 0 Å². The van der Waals surface area contributed by atoms with E-state index in [0.29, 0.717) is 12.5 Å². The Labute approximate surface area is 131 Å². The zero-order valence-corrected chi connectivity index (χ0v) is 13.9. The summed E-state index contributed by atoms with van der Waals surface area (Å²) in [5.74, 6) is 0.232. The lowest BCUT2D eigenvalue weighted by molar-refractivity contribution is 0.0788. The molecule has 20 heavy (non-hydrogen) atoms. The lowest BCUT2D eigenvalue weighted by Gasteiger charge is -2.18. The Morgan fingerprint density at radius 3 is 2.60 bits per heavy atom. The van der Waals surface area contributed by atoms with Crippen LogP contribution in [-0.2, 0) is 10.0 Å². The summed E-state index contributed by atoms with van der Waals surface area (Å²) in [6.07, 6.45) is 2.24. The van der Waals surface area contributed by atoms with Gasteiger partial charge in [-0.3, -0.25) is 4.79 Å². The zero-order valence-electron chi connectivity index (χ0n) is 10.8. The van der Waals surface area contributed by atoms with Crippen molar-refractivity contribution in [3.63, 3.8) is 0 Å². The molecule has 1 amide bonds. The topological polar surface area (TPSA) is 80.5 Å². The number of benzene rings is 1. The van der Waals surface area contributed by atoms with Crippen LogP contribution in [0.25, 0.3) is 0 Å². The molecule has 1 aliphatic rings. The van der Waals surface area contributed by atoms with E-state index in [4.69, 9.17) is 16.7 Å². The van der Waals surface area contributed by atoms with E-state index in [1.165, 1.54) is 12.1 Å². The molecule has 1 aliphatic carbocycles. The average Bonchev–Trinajstić information content (AvgIpc) is 3.10. The molecule has 110 valence electrons. The van der Waals surface area contributed by atoms with Gasteiger partial charge in [-0.2, -0.15) is 0 Å². The Kier molecular flexibility index (Phi) is 4.44. The van der Waals surface area contributed by atoms with Crippen LogP contribution >= 0.6 is 27.5 Å². The second-order valence-electron chi connectivity index (χ2n) is 4.94. The third kappa shape index (κ3) is 3.52. The normalized spacial score (nSPS) is 15.2. The van der Waals surface area contributed by atoms with Crippen molar-refractivity contribution in [3.05, 3.63) is 27.2 Å². The molecule has 0 saturated heterocycles. The zero-order chi connectivity index (χ0) is 15.1. The van der Waals surface area contributed by atoms with Crippen molar-refractivity contribution in [1.29, 1.82) is 0 Å². The quantitative estimate of drug-likeness (QED) is 0.868. The van der Waals surface area contributed by atoms with Crippen molar-refractivity contribution in [2.75, 3.05) is 13.6 Å². The van der Waals surface area contributed by atoms with E-state index in [0.717, 1.165) is 12.8 Å². The maximum Gasteiger partial charge on any atom is 0.255 e. The minimum atomic E-state index is -3.92. The van der Waals surface area contributed by atoms with Crippen LogP contribution in [0.2, 0.25) is 5.02 Å². The van der Waals surface area contributed by atoms with Gasteiger partial charge in [-0.25, -0.2) is 13.6 Å². The maximum atomic E-state index is 12.3. The Hall–Kier alpha value is -0.630. The fraction of sp³-hybridized carbons (Fsp3) is 0.417. The van der Waals surface area contributed by atoms with Gasteiger partial charge in [0.05, 0.1) is 15.5 Å². The second-order valence-corrected chi connectivity index (χ2v) is 7.73. The van der Waals surface area contributed by atoms with Crippen molar-refractivity contribution in [3.8, 4) is 0 Å². The van der Waals surface area contributed by atoms with Gasteiger partial charge < -0.3 is 4.90 Å². The predicted octanol–water partition coefficient (Wildman–Crippen LogP) is 2.23. The number of hydrogen-bond donors (Lipinski definition) is 1. The van der Waals surface area contributed by atoms with Crippen LogP contribution < -0.4 is 5.14 Å². The van der Waals surface area contributed by atoms with Gasteiger partial charge in [-0.1, -0.05) is 11.6 Å². The molecule has 1 saturated carbocycles. The van der Waals surface area contributed by atoms with Crippen molar-refractivity contribution in [2.24, 2.45) is 11.1 Å². The summed E-state index contributed by atoms with van der Waals surface area (Å²) in [4.78, 5) is 13.7. The molecule has 0 radical (unpaired) electrons. The summed E-state index contributed by atoms with van der Waals surface area (Å²) in [6, 6.07) is 2.59. The smallest absolute Gasteiger partial charge is 0.255 e. The molecule has 0 atom stereocenters. The van der Waals surface area contributed by atoms with Crippen molar-refractivity contribution in [2.45, 2.75) is 17.7 Å². The first kappa shape index (κ1) is 15.8. The third-order valence-electron chi connectivity index (χ3n) is 3.13. The van der Waals surface area contributed by atoms with Gasteiger partial charge in [0.25, 0.3) is 5.91 Å². The molecule has 0 spiro atoms. The molecule has 0 heterocycles. The van der Waals surface area contributed by atoms with Crippen molar-refractivity contribution < 1.29 is 13.2 Å². The average molecular weight is 382 g/mol. The van der Waals surface area contributed by atoms with Crippen LogP contribution in [0.4, 0.5) is 0 Å². The van der Waals surface area contributed by atoms with Gasteiger partial charge in [0.15, 0.2) is 0 Å². The van der Waals surface area contributed by atoms with Crippen molar-refractivity contribution in [1.82, 2.24) is 4.90 Å². The molecule has 1 aromatic rings. The van der Waals surface area contributed by atoms with Crippen LogP contribution in [-0.4, -0.2) is 32.8 Å². The fourth-order valence-corrected chi connectivity index (χ4v) is 3.90. The van der Waals surface area contributed by atoms with Crippen LogP contribution in [0.1, 0.15) is 23.2 Å². The summed E-state index contributed by atoms with van der Waals surface area (Å²) in [5.41, 5.74) is 0.141. The highest BCUT2D eigenvalue weighted by Crippen LogP contribution is 2.32. The van der Waals surface area contributed by atoms with Crippen LogP contribution in [0.15, 0.2) is 21.5 Å². The van der Waals surface area contributed by atoms with Gasteiger partial charge in [-0.15, -0.1) is 0 Å². The number of primary sulfonamides is 1. The van der Waals surface area contributed by atoms with Gasteiger partial charge in [0, 0.05) is 18.1 Å². The number of halogens is 2. The predicted molar refractivity (Wildman–Crippen MR) is 80.2 cm³/mol. The van der Waals surface area contributed by atoms with Gasteiger partial charge in [0.1, 0.15) is 0 Å². The summed E-state index contributed by atoms with van der Waals surface area (Å²) in [6.45, 7) is 0.649. The Morgan fingerprint density at radius 1 is 1.50 bits per heavy atom. The molecule has 0 aliphatic heterocycles. The second kappa shape index (κ2) is 5.63. The van der Waals surface area contributed by atoms with Crippen LogP contribution in [0, 0.1) is 5.92 Å². The first-order chi connectivity index (χ1) is 9.20. The first-order valence-electron chi connectivity index (χ1n) is 5.97. The number of amides is 1. The Balaban J connectivity index is 2.37. The molecular formula is C12H14BrClN2O3S. The molecule has 1 fully saturated rings. The SMILES string of the molecule is CN(CC1CC1)C(=O)c1cc(S(N)(=O)=O)c(Br)cc1Cl. The minimum absolute atomic E-state index is 0.141. The number of carbonyl (C=O) groups excluding carboxylic acids is 1. The number of carbonyl (C=O) groups is 1. The van der Waals surface area contributed by atoms with E-state index >= 15 is 0 Å². The van der Waals surface area contributed by atoms with Gasteiger partial charge >= 0.3 is 0 Å². The molecule has 8 heteroatoms. The summed E-state index contributed by atoms with van der Waals surface area (Å²) < 4.78 is 23.2. The Bertz CT molecular complexity index is 659. The van der Waals surface area contributed by atoms with E-state index < -0.39 is 10.0 Å². The fourth-order valence-electron chi connectivity index (χ4n) is 1.89. The molecule has 0 bridgehead atoms. The van der Waals surface area contributed by atoms with E-state index in [-0.39, 0.29) is 25.9 Å². The highest BCUT2D eigenvalue weighted by molar-refractivity contribution is 9.10. The molecule has 1 aromatic carbocycles. The largest absolute Gasteiger partial charge is 0.341 e. The highest BCUT2D eigenvalue weighted by atomic mass is 79.9. The summed E-state index contributed by atoms with van der Waals surface area (Å²) >= 11 is 9.11. The number of sulfonamides is 1. The third-order valence-corrected chi connectivity index (χ3v) is 5.32. The van der Waals surface area contributed by atoms with E-state index in [9.17, 15) is 13.2 Å². The molecule has 2 rings (SSSR count). The molecule has 5 nitrogen and oxygen atoms in total. The number of nitrogens with two attached hydrogens (primary N) is 1. The van der Waals surface area contributed by atoms with E-state index in [2.05, 4.69) is 15.9 Å². The highest BCUT2D eigenvalue weighted by Gasteiger charge is 2.27. The molecule has 0 unspecified atom stereocenters. The van der Waals surface area contributed by atoms with Crippen LogP contribution in [0.5, 0.6) is 0 Å². The van der Waals surface area contributed by atoms with E-state index in [1.54, 1.807) is 11.9 Å². The number of rotatable bonds is 4. The van der Waals surface area contributed by atoms with Gasteiger partial charge in [-0.05, 0) is 46.8 Å². The van der Waals surface area contributed by atoms with Crippen molar-refractivity contribution >= 4 is 43.5 Å². The lowest BCUT2D eigenvalue weighted by Crippen LogP contribution is -2.29. The molecular weight excluding hydrogens is 368 g/mol.